The van der Waals surface area contributed by atoms with E-state index in [1.54, 1.807) is 30.3 Å². The van der Waals surface area contributed by atoms with Gasteiger partial charge >= 0.3 is 0 Å². The lowest BCUT2D eigenvalue weighted by Gasteiger charge is -2.09. The van der Waals surface area contributed by atoms with E-state index in [0.29, 0.717) is 22.9 Å². The van der Waals surface area contributed by atoms with Gasteiger partial charge < -0.3 is 10.5 Å². The van der Waals surface area contributed by atoms with Crippen molar-refractivity contribution in [3.63, 3.8) is 0 Å². The normalized spacial score (nSPS) is 10.2. The molecule has 2 rings (SSSR count). The molecule has 0 amide bonds. The number of ether oxygens (including phenoxy) is 1. The Kier molecular flexibility index (Phi) is 4.35. The lowest BCUT2D eigenvalue weighted by molar-refractivity contribution is 0.306. The van der Waals surface area contributed by atoms with Gasteiger partial charge in [-0.15, -0.1) is 0 Å². The monoisotopic (exact) mass is 295 g/mol. The van der Waals surface area contributed by atoms with Crippen molar-refractivity contribution in [1.29, 1.82) is 0 Å². The van der Waals surface area contributed by atoms with Gasteiger partial charge in [0.2, 0.25) is 0 Å². The molecule has 0 atom stereocenters. The molecule has 2 nitrogen and oxygen atoms in total. The van der Waals surface area contributed by atoms with Crippen LogP contribution in [0.5, 0.6) is 5.75 Å². The minimum atomic E-state index is -0.275. The van der Waals surface area contributed by atoms with E-state index >= 15 is 0 Å². The third-order valence-electron chi connectivity index (χ3n) is 2.52. The van der Waals surface area contributed by atoms with Gasteiger partial charge in [-0.1, -0.05) is 36.0 Å². The third-order valence-corrected chi connectivity index (χ3v) is 3.06. The van der Waals surface area contributed by atoms with Crippen molar-refractivity contribution in [2.75, 3.05) is 0 Å². The molecule has 0 heterocycles. The largest absolute Gasteiger partial charge is 0.487 e. The Balaban J connectivity index is 2.07. The predicted octanol–water partition coefficient (Wildman–Crippen LogP) is 3.69. The summed E-state index contributed by atoms with van der Waals surface area (Å²) in [4.78, 5) is 0.284. The predicted molar refractivity (Wildman–Crippen MR) is 78.1 cm³/mol. The Hall–Kier alpha value is -1.65. The highest BCUT2D eigenvalue weighted by molar-refractivity contribution is 7.80. The summed E-state index contributed by atoms with van der Waals surface area (Å²) in [5.41, 5.74) is 7.05. The number of hydrogen-bond donors (Lipinski definition) is 1. The van der Waals surface area contributed by atoms with E-state index < -0.39 is 0 Å². The molecule has 0 aliphatic heterocycles. The number of halogens is 2. The average Bonchev–Trinajstić information content (AvgIpc) is 2.39. The van der Waals surface area contributed by atoms with Crippen LogP contribution < -0.4 is 10.5 Å². The molecule has 0 bridgehead atoms. The fraction of sp³-hybridized carbons (Fsp3) is 0.0714. The van der Waals surface area contributed by atoms with Gasteiger partial charge in [-0.05, 0) is 35.9 Å². The van der Waals surface area contributed by atoms with Crippen molar-refractivity contribution in [3.05, 3.63) is 64.4 Å². The van der Waals surface area contributed by atoms with E-state index in [4.69, 9.17) is 34.3 Å². The fourth-order valence-corrected chi connectivity index (χ4v) is 1.87. The first-order chi connectivity index (χ1) is 9.06. The Morgan fingerprint density at radius 1 is 1.21 bits per heavy atom. The molecule has 0 saturated carbocycles. The van der Waals surface area contributed by atoms with E-state index in [1.807, 2.05) is 0 Å². The highest BCUT2D eigenvalue weighted by Crippen LogP contribution is 2.26. The Morgan fingerprint density at radius 3 is 2.47 bits per heavy atom. The Bertz CT molecular complexity index is 601. The first kappa shape index (κ1) is 13.8. The molecule has 2 N–H and O–H groups in total. The SMILES string of the molecule is NC(=S)c1ccc(OCc2ccc(F)cc2)c(Cl)c1. The van der Waals surface area contributed by atoms with Crippen LogP contribution in [0.15, 0.2) is 42.5 Å². The molecular weight excluding hydrogens is 285 g/mol. The van der Waals surface area contributed by atoms with Gasteiger partial charge in [0.1, 0.15) is 23.2 Å². The van der Waals surface area contributed by atoms with E-state index in [1.165, 1.54) is 12.1 Å². The van der Waals surface area contributed by atoms with Crippen LogP contribution in [0.2, 0.25) is 5.02 Å². The van der Waals surface area contributed by atoms with Crippen molar-refractivity contribution < 1.29 is 9.13 Å². The number of thiocarbonyl (C=S) groups is 1. The van der Waals surface area contributed by atoms with Crippen molar-refractivity contribution in [2.45, 2.75) is 6.61 Å². The van der Waals surface area contributed by atoms with Crippen LogP contribution in [0.1, 0.15) is 11.1 Å². The van der Waals surface area contributed by atoms with E-state index in [2.05, 4.69) is 0 Å². The second-order valence-corrected chi connectivity index (χ2v) is 4.77. The van der Waals surface area contributed by atoms with Gasteiger partial charge in [0.05, 0.1) is 5.02 Å². The fourth-order valence-electron chi connectivity index (χ4n) is 1.51. The van der Waals surface area contributed by atoms with Crippen molar-refractivity contribution >= 4 is 28.8 Å². The van der Waals surface area contributed by atoms with E-state index in [-0.39, 0.29) is 10.8 Å². The highest BCUT2D eigenvalue weighted by Gasteiger charge is 2.05. The molecule has 5 heteroatoms. The average molecular weight is 296 g/mol. The summed E-state index contributed by atoms with van der Waals surface area (Å²) in [5, 5.41) is 0.437. The van der Waals surface area contributed by atoms with Crippen molar-refractivity contribution in [1.82, 2.24) is 0 Å². The van der Waals surface area contributed by atoms with Gasteiger partial charge in [0, 0.05) is 5.56 Å². The van der Waals surface area contributed by atoms with Crippen LogP contribution >= 0.6 is 23.8 Å². The summed E-state index contributed by atoms with van der Waals surface area (Å²) in [6.45, 7) is 0.312. The molecule has 2 aromatic carbocycles. The zero-order valence-electron chi connectivity index (χ0n) is 9.90. The van der Waals surface area contributed by atoms with E-state index in [0.717, 1.165) is 5.56 Å². The summed E-state index contributed by atoms with van der Waals surface area (Å²) in [6, 6.07) is 11.2. The van der Waals surface area contributed by atoms with Crippen LogP contribution in [0.4, 0.5) is 4.39 Å². The quantitative estimate of drug-likeness (QED) is 0.874. The van der Waals surface area contributed by atoms with Gasteiger partial charge in [-0.2, -0.15) is 0 Å². The second-order valence-electron chi connectivity index (χ2n) is 3.92. The Labute approximate surface area is 120 Å². The standard InChI is InChI=1S/C14H11ClFNOS/c15-12-7-10(14(17)19)3-6-13(12)18-8-9-1-4-11(16)5-2-9/h1-7H,8H2,(H2,17,19). The maximum atomic E-state index is 12.7. The summed E-state index contributed by atoms with van der Waals surface area (Å²) in [7, 11) is 0. The molecule has 98 valence electrons. The van der Waals surface area contributed by atoms with Crippen LogP contribution in [-0.2, 0) is 6.61 Å². The van der Waals surface area contributed by atoms with Gasteiger partial charge in [0.15, 0.2) is 0 Å². The second kappa shape index (κ2) is 5.99. The zero-order valence-corrected chi connectivity index (χ0v) is 11.5. The van der Waals surface area contributed by atoms with Gasteiger partial charge in [-0.3, -0.25) is 0 Å². The van der Waals surface area contributed by atoms with E-state index in [9.17, 15) is 4.39 Å². The summed E-state index contributed by atoms with van der Waals surface area (Å²) in [5.74, 6) is 0.258. The molecule has 0 aromatic heterocycles. The molecular formula is C14H11ClFNOS. The molecule has 19 heavy (non-hydrogen) atoms. The molecule has 0 aliphatic carbocycles. The molecule has 0 aliphatic rings. The van der Waals surface area contributed by atoms with Crippen LogP contribution in [-0.4, -0.2) is 4.99 Å². The topological polar surface area (TPSA) is 35.2 Å². The summed E-state index contributed by atoms with van der Waals surface area (Å²) in [6.07, 6.45) is 0. The third kappa shape index (κ3) is 3.66. The maximum Gasteiger partial charge on any atom is 0.138 e. The number of rotatable bonds is 4. The van der Waals surface area contributed by atoms with Crippen LogP contribution in [0.3, 0.4) is 0 Å². The first-order valence-corrected chi connectivity index (χ1v) is 6.31. The van der Waals surface area contributed by atoms with Gasteiger partial charge in [0.25, 0.3) is 0 Å². The lowest BCUT2D eigenvalue weighted by Crippen LogP contribution is -2.09. The number of hydrogen-bond acceptors (Lipinski definition) is 2. The maximum absolute atomic E-state index is 12.7. The zero-order chi connectivity index (χ0) is 13.8. The smallest absolute Gasteiger partial charge is 0.138 e. The molecule has 0 unspecified atom stereocenters. The van der Waals surface area contributed by atoms with Crippen LogP contribution in [0.25, 0.3) is 0 Å². The molecule has 0 fully saturated rings. The van der Waals surface area contributed by atoms with Crippen molar-refractivity contribution in [2.24, 2.45) is 5.73 Å². The molecule has 0 spiro atoms. The first-order valence-electron chi connectivity index (χ1n) is 5.53. The molecule has 0 saturated heterocycles. The lowest BCUT2D eigenvalue weighted by atomic mass is 10.2. The number of benzene rings is 2. The van der Waals surface area contributed by atoms with Crippen LogP contribution in [0, 0.1) is 5.82 Å². The summed E-state index contributed by atoms with van der Waals surface area (Å²) < 4.78 is 18.3. The molecule has 0 radical (unpaired) electrons. The number of nitrogens with two attached hydrogens (primary N) is 1. The molecule has 2 aromatic rings. The Morgan fingerprint density at radius 2 is 1.89 bits per heavy atom. The minimum absolute atomic E-state index is 0.275. The summed E-state index contributed by atoms with van der Waals surface area (Å²) >= 11 is 10.9. The highest BCUT2D eigenvalue weighted by atomic mass is 35.5. The minimum Gasteiger partial charge on any atom is -0.487 e. The van der Waals surface area contributed by atoms with Crippen molar-refractivity contribution in [3.8, 4) is 5.75 Å². The van der Waals surface area contributed by atoms with Gasteiger partial charge in [-0.25, -0.2) is 4.39 Å².